The van der Waals surface area contributed by atoms with E-state index in [0.29, 0.717) is 11.4 Å². The maximum Gasteiger partial charge on any atom is 0.262 e. The maximum absolute atomic E-state index is 12.2. The second kappa shape index (κ2) is 7.53. The van der Waals surface area contributed by atoms with E-state index in [2.05, 4.69) is 26.3 Å². The molecular formula is C19H18BrN3O2. The van der Waals surface area contributed by atoms with E-state index < -0.39 is 0 Å². The van der Waals surface area contributed by atoms with E-state index >= 15 is 0 Å². The minimum Gasteiger partial charge on any atom is -0.484 e. The topological polar surface area (TPSA) is 56.2 Å². The minimum absolute atomic E-state index is 0.0636. The number of aryl methyl sites for hydroxylation is 1. The molecule has 1 amide bonds. The van der Waals surface area contributed by atoms with Crippen molar-refractivity contribution in [2.75, 3.05) is 11.9 Å². The summed E-state index contributed by atoms with van der Waals surface area (Å²) >= 11 is 3.38. The van der Waals surface area contributed by atoms with Crippen LogP contribution in [0.2, 0.25) is 0 Å². The molecule has 0 fully saturated rings. The number of hydrogen-bond acceptors (Lipinski definition) is 3. The van der Waals surface area contributed by atoms with E-state index in [-0.39, 0.29) is 12.5 Å². The number of rotatable bonds is 5. The fourth-order valence-electron chi connectivity index (χ4n) is 2.53. The maximum atomic E-state index is 12.2. The predicted molar refractivity (Wildman–Crippen MR) is 101 cm³/mol. The van der Waals surface area contributed by atoms with Gasteiger partial charge in [0.15, 0.2) is 6.61 Å². The van der Waals surface area contributed by atoms with Crippen molar-refractivity contribution >= 4 is 27.5 Å². The van der Waals surface area contributed by atoms with Gasteiger partial charge in [0.2, 0.25) is 0 Å². The van der Waals surface area contributed by atoms with Crippen LogP contribution in [0.5, 0.6) is 5.75 Å². The second-order valence-electron chi connectivity index (χ2n) is 5.59. The number of nitrogens with zero attached hydrogens (tertiary/aromatic N) is 2. The number of halogens is 1. The number of carbonyl (C=O) groups is 1. The average Bonchev–Trinajstić information content (AvgIpc) is 2.89. The molecule has 25 heavy (non-hydrogen) atoms. The van der Waals surface area contributed by atoms with Gasteiger partial charge < -0.3 is 10.1 Å². The van der Waals surface area contributed by atoms with E-state index in [9.17, 15) is 4.79 Å². The van der Waals surface area contributed by atoms with Crippen LogP contribution in [0.4, 0.5) is 5.69 Å². The van der Waals surface area contributed by atoms with Gasteiger partial charge in [0.25, 0.3) is 5.91 Å². The molecule has 0 bridgehead atoms. The average molecular weight is 400 g/mol. The molecule has 0 atom stereocenters. The van der Waals surface area contributed by atoms with Gasteiger partial charge in [-0.2, -0.15) is 5.10 Å². The van der Waals surface area contributed by atoms with Crippen LogP contribution in [0.15, 0.2) is 59.1 Å². The third kappa shape index (κ3) is 4.09. The van der Waals surface area contributed by atoms with Crippen LogP contribution in [0.3, 0.4) is 0 Å². The Bertz CT molecular complexity index is 891. The normalized spacial score (nSPS) is 10.5. The zero-order valence-corrected chi connectivity index (χ0v) is 15.6. The number of anilines is 1. The molecule has 0 unspecified atom stereocenters. The smallest absolute Gasteiger partial charge is 0.262 e. The highest BCUT2D eigenvalue weighted by Gasteiger charge is 2.15. The van der Waals surface area contributed by atoms with Crippen molar-refractivity contribution in [2.45, 2.75) is 13.8 Å². The third-order valence-electron chi connectivity index (χ3n) is 3.72. The van der Waals surface area contributed by atoms with Gasteiger partial charge in [-0.1, -0.05) is 40.2 Å². The Morgan fingerprint density at radius 1 is 1.16 bits per heavy atom. The first-order valence-corrected chi connectivity index (χ1v) is 8.64. The number of carbonyl (C=O) groups excluding carboxylic acids is 1. The van der Waals surface area contributed by atoms with Crippen molar-refractivity contribution < 1.29 is 9.53 Å². The Hall–Kier alpha value is -2.60. The van der Waals surface area contributed by atoms with Crippen molar-refractivity contribution in [3.63, 3.8) is 0 Å². The molecule has 3 rings (SSSR count). The van der Waals surface area contributed by atoms with Gasteiger partial charge in [-0.3, -0.25) is 4.79 Å². The number of ether oxygens (including phenoxy) is 1. The van der Waals surface area contributed by atoms with E-state index in [1.165, 1.54) is 0 Å². The molecule has 3 aromatic rings. The highest BCUT2D eigenvalue weighted by Crippen LogP contribution is 2.23. The lowest BCUT2D eigenvalue weighted by atomic mass is 10.3. The molecule has 0 saturated carbocycles. The van der Waals surface area contributed by atoms with Crippen molar-refractivity contribution in [2.24, 2.45) is 0 Å². The van der Waals surface area contributed by atoms with Crippen molar-refractivity contribution in [3.05, 3.63) is 70.5 Å². The Balaban J connectivity index is 1.70. The van der Waals surface area contributed by atoms with Crippen molar-refractivity contribution in [1.29, 1.82) is 0 Å². The summed E-state index contributed by atoms with van der Waals surface area (Å²) in [7, 11) is 0. The summed E-state index contributed by atoms with van der Waals surface area (Å²) < 4.78 is 8.25. The highest BCUT2D eigenvalue weighted by molar-refractivity contribution is 9.10. The van der Waals surface area contributed by atoms with E-state index in [0.717, 1.165) is 21.5 Å². The van der Waals surface area contributed by atoms with Gasteiger partial charge in [-0.15, -0.1) is 0 Å². The lowest BCUT2D eigenvalue weighted by Gasteiger charge is -2.09. The van der Waals surface area contributed by atoms with Crippen LogP contribution in [0.1, 0.15) is 11.4 Å². The third-order valence-corrected chi connectivity index (χ3v) is 4.22. The summed E-state index contributed by atoms with van der Waals surface area (Å²) in [6.45, 7) is 3.74. The number of nitrogens with one attached hydrogen (secondary N) is 1. The van der Waals surface area contributed by atoms with Gasteiger partial charge in [0.05, 0.1) is 22.8 Å². The molecule has 0 radical (unpaired) electrons. The van der Waals surface area contributed by atoms with Gasteiger partial charge in [0.1, 0.15) is 5.75 Å². The molecule has 0 spiro atoms. The number of amides is 1. The number of hydrogen-bond donors (Lipinski definition) is 1. The molecule has 6 heteroatoms. The second-order valence-corrected chi connectivity index (χ2v) is 6.50. The van der Waals surface area contributed by atoms with Crippen LogP contribution in [0, 0.1) is 13.8 Å². The molecule has 5 nitrogen and oxygen atoms in total. The zero-order valence-electron chi connectivity index (χ0n) is 14.0. The molecule has 0 aliphatic rings. The molecule has 0 saturated heterocycles. The Morgan fingerprint density at radius 3 is 2.64 bits per heavy atom. The first-order chi connectivity index (χ1) is 12.0. The Morgan fingerprint density at radius 2 is 1.92 bits per heavy atom. The minimum atomic E-state index is -0.223. The van der Waals surface area contributed by atoms with Crippen LogP contribution in [-0.2, 0) is 4.79 Å². The molecule has 1 aromatic heterocycles. The first kappa shape index (κ1) is 17.2. The van der Waals surface area contributed by atoms with Gasteiger partial charge >= 0.3 is 0 Å². The van der Waals surface area contributed by atoms with E-state index in [4.69, 9.17) is 4.74 Å². The van der Waals surface area contributed by atoms with Crippen molar-refractivity contribution in [1.82, 2.24) is 9.78 Å². The molecule has 0 aliphatic heterocycles. The van der Waals surface area contributed by atoms with Gasteiger partial charge in [-0.05, 0) is 44.2 Å². The molecule has 128 valence electrons. The van der Waals surface area contributed by atoms with Crippen LogP contribution in [0.25, 0.3) is 5.69 Å². The summed E-state index contributed by atoms with van der Waals surface area (Å²) in [6.07, 6.45) is 0. The SMILES string of the molecule is Cc1nn(-c2ccccc2)c(C)c1NC(=O)COc1cccc(Br)c1. The Kier molecular flexibility index (Phi) is 5.19. The lowest BCUT2D eigenvalue weighted by Crippen LogP contribution is -2.20. The molecular weight excluding hydrogens is 382 g/mol. The Labute approximate surface area is 154 Å². The summed E-state index contributed by atoms with van der Waals surface area (Å²) in [6, 6.07) is 17.2. The molecule has 2 aromatic carbocycles. The fraction of sp³-hybridized carbons (Fsp3) is 0.158. The van der Waals surface area contributed by atoms with Gasteiger partial charge in [0, 0.05) is 4.47 Å². The summed E-state index contributed by atoms with van der Waals surface area (Å²) in [4.78, 5) is 12.2. The van der Waals surface area contributed by atoms with Crippen LogP contribution >= 0.6 is 15.9 Å². The van der Waals surface area contributed by atoms with Crippen LogP contribution < -0.4 is 10.1 Å². The monoisotopic (exact) mass is 399 g/mol. The summed E-state index contributed by atoms with van der Waals surface area (Å²) in [5.74, 6) is 0.414. The lowest BCUT2D eigenvalue weighted by molar-refractivity contribution is -0.118. The standard InChI is InChI=1S/C19H18BrN3O2/c1-13-19(14(2)23(22-13)16-8-4-3-5-9-16)21-18(24)12-25-17-10-6-7-15(20)11-17/h3-11H,12H2,1-2H3,(H,21,24). The number of aromatic nitrogens is 2. The largest absolute Gasteiger partial charge is 0.484 e. The highest BCUT2D eigenvalue weighted by atomic mass is 79.9. The molecule has 1 N–H and O–H groups in total. The molecule has 1 heterocycles. The fourth-order valence-corrected chi connectivity index (χ4v) is 2.90. The van der Waals surface area contributed by atoms with Crippen LogP contribution in [-0.4, -0.2) is 22.3 Å². The summed E-state index contributed by atoms with van der Waals surface area (Å²) in [5, 5.41) is 7.41. The summed E-state index contributed by atoms with van der Waals surface area (Å²) in [5.41, 5.74) is 3.30. The number of para-hydroxylation sites is 1. The van der Waals surface area contributed by atoms with Gasteiger partial charge in [-0.25, -0.2) is 4.68 Å². The van der Waals surface area contributed by atoms with E-state index in [1.54, 1.807) is 0 Å². The quantitative estimate of drug-likeness (QED) is 0.696. The van der Waals surface area contributed by atoms with Crippen molar-refractivity contribution in [3.8, 4) is 11.4 Å². The predicted octanol–water partition coefficient (Wildman–Crippen LogP) is 4.27. The zero-order chi connectivity index (χ0) is 17.8. The van der Waals surface area contributed by atoms with E-state index in [1.807, 2.05) is 73.1 Å². The molecule has 0 aliphatic carbocycles. The number of benzene rings is 2. The first-order valence-electron chi connectivity index (χ1n) is 7.84.